The first-order chi connectivity index (χ1) is 2.91. The van der Waals surface area contributed by atoms with Crippen molar-refractivity contribution in [2.45, 2.75) is 26.7 Å². The van der Waals surface area contributed by atoms with Gasteiger partial charge in [-0.1, -0.05) is 13.3 Å². The zero-order valence-corrected chi connectivity index (χ0v) is 8.24. The molecular weight excluding hydrogens is 161 g/mol. The maximum absolute atomic E-state index is 3.60. The van der Waals surface area contributed by atoms with Gasteiger partial charge in [-0.3, -0.25) is 0 Å². The maximum Gasteiger partial charge on any atom is 0 e. The van der Waals surface area contributed by atoms with Crippen molar-refractivity contribution in [1.82, 2.24) is 0 Å². The molecule has 0 fully saturated rings. The summed E-state index contributed by atoms with van der Waals surface area (Å²) in [6.07, 6.45) is 2.28. The van der Waals surface area contributed by atoms with E-state index in [2.05, 4.69) is 20.8 Å². The minimum Gasteiger partial charge on any atom is -0.346 e. The molecule has 0 aliphatic carbocycles. The van der Waals surface area contributed by atoms with Crippen LogP contribution in [-0.4, -0.2) is 0 Å². The first kappa shape index (κ1) is 15.7. The van der Waals surface area contributed by atoms with Crippen molar-refractivity contribution in [3.05, 3.63) is 13.8 Å². The monoisotopic (exact) mass is 175 g/mol. The molecule has 0 aromatic carbocycles. The number of unbranched alkanes of at least 4 members (excludes halogenated alkanes) is 1. The SMILES string of the molecule is [CH2-]C.[CH2-]CCC.[Y]. The van der Waals surface area contributed by atoms with E-state index >= 15 is 0 Å². The summed E-state index contributed by atoms with van der Waals surface area (Å²) in [6, 6.07) is 0. The van der Waals surface area contributed by atoms with Crippen LogP contribution in [-0.2, 0) is 32.7 Å². The maximum atomic E-state index is 3.60. The summed E-state index contributed by atoms with van der Waals surface area (Å²) in [5, 5.41) is 0. The fourth-order valence-electron chi connectivity index (χ4n) is 0. The van der Waals surface area contributed by atoms with Crippen LogP contribution in [0.3, 0.4) is 0 Å². The van der Waals surface area contributed by atoms with E-state index in [4.69, 9.17) is 0 Å². The van der Waals surface area contributed by atoms with Crippen molar-refractivity contribution in [3.63, 3.8) is 0 Å². The molecule has 0 heterocycles. The molecule has 0 aliphatic rings. The van der Waals surface area contributed by atoms with Crippen molar-refractivity contribution >= 4 is 0 Å². The third kappa shape index (κ3) is 41.8. The zero-order valence-electron chi connectivity index (χ0n) is 5.41. The van der Waals surface area contributed by atoms with Gasteiger partial charge in [0.25, 0.3) is 0 Å². The molecule has 0 spiro atoms. The second-order valence-electron chi connectivity index (χ2n) is 0.854. The molecule has 0 atom stereocenters. The van der Waals surface area contributed by atoms with Gasteiger partial charge in [-0.25, -0.2) is 0 Å². The first-order valence-electron chi connectivity index (χ1n) is 2.41. The molecule has 1 radical (unpaired) electrons. The molecule has 0 bridgehead atoms. The molecule has 0 aromatic heterocycles. The van der Waals surface area contributed by atoms with E-state index in [9.17, 15) is 0 Å². The zero-order chi connectivity index (χ0) is 5.41. The molecule has 0 saturated carbocycles. The number of rotatable bonds is 1. The van der Waals surface area contributed by atoms with Crippen LogP contribution < -0.4 is 0 Å². The van der Waals surface area contributed by atoms with Gasteiger partial charge in [0, 0.05) is 32.7 Å². The largest absolute Gasteiger partial charge is 0.346 e. The van der Waals surface area contributed by atoms with Crippen LogP contribution in [0.15, 0.2) is 0 Å². The molecule has 0 rings (SSSR count). The Bertz CT molecular complexity index is 6.14. The molecule has 0 saturated heterocycles. The van der Waals surface area contributed by atoms with E-state index in [-0.39, 0.29) is 32.7 Å². The average Bonchev–Trinajstić information content (AvgIpc) is 1.72. The minimum absolute atomic E-state index is 0. The normalized spacial score (nSPS) is 5.14. The van der Waals surface area contributed by atoms with E-state index in [0.717, 1.165) is 6.42 Å². The van der Waals surface area contributed by atoms with Crippen LogP contribution in [0.1, 0.15) is 26.7 Å². The smallest absolute Gasteiger partial charge is 0 e. The van der Waals surface area contributed by atoms with E-state index in [1.165, 1.54) is 6.42 Å². The summed E-state index contributed by atoms with van der Waals surface area (Å²) in [6.45, 7) is 10.7. The van der Waals surface area contributed by atoms with Crippen LogP contribution in [0.5, 0.6) is 0 Å². The van der Waals surface area contributed by atoms with Crippen molar-refractivity contribution in [2.75, 3.05) is 0 Å². The molecule has 7 heavy (non-hydrogen) atoms. The van der Waals surface area contributed by atoms with Gasteiger partial charge < -0.3 is 13.8 Å². The second-order valence-corrected chi connectivity index (χ2v) is 0.854. The van der Waals surface area contributed by atoms with Gasteiger partial charge in [-0.15, -0.1) is 0 Å². The standard InChI is InChI=1S/C4H9.C2H5.Y/c1-3-4-2;1-2;/h1,3-4H2,2H3;1H2,2H3;/q2*-1;. The Labute approximate surface area is 73.0 Å². The fraction of sp³-hybridized carbons (Fsp3) is 0.667. The number of hydrogen-bond donors (Lipinski definition) is 0. The average molecular weight is 175 g/mol. The fourth-order valence-corrected chi connectivity index (χ4v) is 0. The van der Waals surface area contributed by atoms with Gasteiger partial charge in [-0.05, 0) is 0 Å². The van der Waals surface area contributed by atoms with Crippen LogP contribution in [0, 0.1) is 13.8 Å². The Morgan fingerprint density at radius 1 is 1.29 bits per heavy atom. The van der Waals surface area contributed by atoms with Gasteiger partial charge in [0.15, 0.2) is 0 Å². The summed E-state index contributed by atoms with van der Waals surface area (Å²) < 4.78 is 0. The molecule has 0 unspecified atom stereocenters. The van der Waals surface area contributed by atoms with E-state index in [0.29, 0.717) is 0 Å². The van der Waals surface area contributed by atoms with Gasteiger partial charge in [0.05, 0.1) is 0 Å². The first-order valence-corrected chi connectivity index (χ1v) is 2.41. The van der Waals surface area contributed by atoms with Crippen LogP contribution in [0.25, 0.3) is 0 Å². The summed E-state index contributed by atoms with van der Waals surface area (Å²) in [7, 11) is 0. The minimum atomic E-state index is 0. The van der Waals surface area contributed by atoms with Gasteiger partial charge in [0.2, 0.25) is 0 Å². The Balaban J connectivity index is -0.0000000480. The summed E-state index contributed by atoms with van der Waals surface area (Å²) in [5.74, 6) is 0. The molecule has 0 aromatic rings. The molecule has 0 amide bonds. The van der Waals surface area contributed by atoms with E-state index in [1.54, 1.807) is 6.92 Å². The van der Waals surface area contributed by atoms with Crippen LogP contribution >= 0.6 is 0 Å². The third-order valence-electron chi connectivity index (χ3n) is 0.354. The molecule has 0 N–H and O–H groups in total. The Kier molecular flexibility index (Phi) is 61.6. The van der Waals surface area contributed by atoms with Crippen molar-refractivity contribution in [3.8, 4) is 0 Å². The van der Waals surface area contributed by atoms with Crippen molar-refractivity contribution < 1.29 is 32.7 Å². The Hall–Kier alpha value is 1.10. The number of hydrogen-bond acceptors (Lipinski definition) is 0. The van der Waals surface area contributed by atoms with Gasteiger partial charge in [-0.2, -0.15) is 13.3 Å². The molecule has 1 heteroatoms. The van der Waals surface area contributed by atoms with Crippen molar-refractivity contribution in [1.29, 1.82) is 0 Å². The molecule has 43 valence electrons. The predicted octanol–water partition coefficient (Wildman–Crippen LogP) is 2.46. The van der Waals surface area contributed by atoms with Gasteiger partial charge >= 0.3 is 0 Å². The molecule has 0 aliphatic heterocycles. The predicted molar refractivity (Wildman–Crippen MR) is 31.3 cm³/mol. The summed E-state index contributed by atoms with van der Waals surface area (Å²) >= 11 is 0. The third-order valence-corrected chi connectivity index (χ3v) is 0.354. The topological polar surface area (TPSA) is 0 Å². The van der Waals surface area contributed by atoms with E-state index < -0.39 is 0 Å². The van der Waals surface area contributed by atoms with E-state index in [1.807, 2.05) is 0 Å². The quantitative estimate of drug-likeness (QED) is 0.537. The molecular formula is C6H14Y-2. The Morgan fingerprint density at radius 3 is 1.43 bits per heavy atom. The van der Waals surface area contributed by atoms with Crippen LogP contribution in [0.4, 0.5) is 0 Å². The second kappa shape index (κ2) is 27.5. The Morgan fingerprint density at radius 2 is 1.43 bits per heavy atom. The van der Waals surface area contributed by atoms with Crippen LogP contribution in [0.2, 0.25) is 0 Å². The summed E-state index contributed by atoms with van der Waals surface area (Å²) in [5.41, 5.74) is 0. The molecule has 0 nitrogen and oxygen atoms in total. The van der Waals surface area contributed by atoms with Gasteiger partial charge in [0.1, 0.15) is 0 Å². The van der Waals surface area contributed by atoms with Crippen molar-refractivity contribution in [2.24, 2.45) is 0 Å². The summed E-state index contributed by atoms with van der Waals surface area (Å²) in [4.78, 5) is 0.